The Morgan fingerprint density at radius 3 is 2.32 bits per heavy atom. The second-order valence-electron chi connectivity index (χ2n) is 6.21. The van der Waals surface area contributed by atoms with E-state index in [1.807, 2.05) is 4.90 Å². The molecule has 2 rings (SSSR count). The van der Waals surface area contributed by atoms with Gasteiger partial charge < -0.3 is 14.9 Å². The third kappa shape index (κ3) is 3.19. The van der Waals surface area contributed by atoms with Crippen LogP contribution in [0.3, 0.4) is 0 Å². The zero-order valence-electron chi connectivity index (χ0n) is 11.8. The Morgan fingerprint density at radius 1 is 1.26 bits per heavy atom. The normalized spacial score (nSPS) is 20.7. The van der Waals surface area contributed by atoms with E-state index in [4.69, 9.17) is 5.11 Å². The number of carbonyl (C=O) groups is 2. The Morgan fingerprint density at radius 2 is 1.84 bits per heavy atom. The summed E-state index contributed by atoms with van der Waals surface area (Å²) in [6.07, 6.45) is 4.58. The number of carboxylic acids is 1. The molecule has 19 heavy (non-hydrogen) atoms. The Kier molecular flexibility index (Phi) is 4.32. The molecule has 0 aromatic carbocycles. The number of urea groups is 1. The molecule has 5 nitrogen and oxygen atoms in total. The fraction of sp³-hybridized carbons (Fsp3) is 0.857. The van der Waals surface area contributed by atoms with Crippen molar-refractivity contribution in [3.8, 4) is 0 Å². The highest BCUT2D eigenvalue weighted by Crippen LogP contribution is 2.27. The van der Waals surface area contributed by atoms with Crippen LogP contribution in [0.1, 0.15) is 39.5 Å². The average Bonchev–Trinajstić information content (AvgIpc) is 2.75. The lowest BCUT2D eigenvalue weighted by atomic mass is 10.0. The van der Waals surface area contributed by atoms with Gasteiger partial charge in [0.25, 0.3) is 0 Å². The van der Waals surface area contributed by atoms with Crippen LogP contribution in [0, 0.1) is 11.8 Å². The lowest BCUT2D eigenvalue weighted by Crippen LogP contribution is -2.59. The molecule has 0 spiro atoms. The van der Waals surface area contributed by atoms with Crippen molar-refractivity contribution in [1.82, 2.24) is 9.80 Å². The van der Waals surface area contributed by atoms with Gasteiger partial charge in [0.2, 0.25) is 0 Å². The highest BCUT2D eigenvalue weighted by atomic mass is 16.4. The molecule has 1 saturated carbocycles. The Labute approximate surface area is 114 Å². The summed E-state index contributed by atoms with van der Waals surface area (Å²) in [7, 11) is 0. The van der Waals surface area contributed by atoms with Gasteiger partial charge in [-0.1, -0.05) is 26.7 Å². The van der Waals surface area contributed by atoms with Gasteiger partial charge in [0.05, 0.1) is 5.92 Å². The van der Waals surface area contributed by atoms with E-state index in [0.29, 0.717) is 25.0 Å². The van der Waals surface area contributed by atoms with Crippen molar-refractivity contribution in [2.75, 3.05) is 19.6 Å². The molecule has 0 aromatic rings. The van der Waals surface area contributed by atoms with Gasteiger partial charge in [0, 0.05) is 25.7 Å². The van der Waals surface area contributed by atoms with Crippen molar-refractivity contribution in [2.24, 2.45) is 11.8 Å². The van der Waals surface area contributed by atoms with Crippen molar-refractivity contribution in [1.29, 1.82) is 0 Å². The van der Waals surface area contributed by atoms with Crippen LogP contribution < -0.4 is 0 Å². The fourth-order valence-electron chi connectivity index (χ4n) is 2.97. The standard InChI is InChI=1S/C14H24N2O3/c1-10(2)7-16(12-5-3-4-6-12)14(19)15-8-11(9-15)13(17)18/h10-12H,3-9H2,1-2H3,(H,17,18). The topological polar surface area (TPSA) is 60.9 Å². The van der Waals surface area contributed by atoms with Crippen molar-refractivity contribution in [3.05, 3.63) is 0 Å². The van der Waals surface area contributed by atoms with Crippen LogP contribution in [0.4, 0.5) is 4.79 Å². The summed E-state index contributed by atoms with van der Waals surface area (Å²) in [5.41, 5.74) is 0. The number of rotatable bonds is 4. The number of carboxylic acid groups (broad SMARTS) is 1. The minimum Gasteiger partial charge on any atom is -0.481 e. The number of carbonyl (C=O) groups excluding carboxylic acids is 1. The van der Waals surface area contributed by atoms with E-state index in [1.54, 1.807) is 4.90 Å². The number of likely N-dealkylation sites (tertiary alicyclic amines) is 1. The van der Waals surface area contributed by atoms with E-state index in [1.165, 1.54) is 12.8 Å². The van der Waals surface area contributed by atoms with Crippen LogP contribution >= 0.6 is 0 Å². The molecule has 5 heteroatoms. The van der Waals surface area contributed by atoms with Gasteiger partial charge in [0.1, 0.15) is 0 Å². The summed E-state index contributed by atoms with van der Waals surface area (Å²) >= 11 is 0. The Bertz CT molecular complexity index is 345. The maximum Gasteiger partial charge on any atom is 0.320 e. The highest BCUT2D eigenvalue weighted by Gasteiger charge is 2.39. The summed E-state index contributed by atoms with van der Waals surface area (Å²) in [5, 5.41) is 8.88. The largest absolute Gasteiger partial charge is 0.481 e. The molecule has 1 aliphatic heterocycles. The molecular formula is C14H24N2O3. The van der Waals surface area contributed by atoms with E-state index in [0.717, 1.165) is 19.4 Å². The lowest BCUT2D eigenvalue weighted by molar-refractivity contribution is -0.146. The first-order valence-electron chi connectivity index (χ1n) is 7.27. The number of hydrogen-bond acceptors (Lipinski definition) is 2. The first kappa shape index (κ1) is 14.2. The molecule has 0 aromatic heterocycles. The number of hydrogen-bond donors (Lipinski definition) is 1. The minimum absolute atomic E-state index is 0.0399. The third-order valence-electron chi connectivity index (χ3n) is 4.07. The van der Waals surface area contributed by atoms with Gasteiger partial charge >= 0.3 is 12.0 Å². The molecule has 1 saturated heterocycles. The lowest BCUT2D eigenvalue weighted by Gasteiger charge is -2.42. The first-order chi connectivity index (χ1) is 8.99. The number of amides is 2. The molecule has 1 heterocycles. The van der Waals surface area contributed by atoms with E-state index in [9.17, 15) is 9.59 Å². The molecule has 0 atom stereocenters. The van der Waals surface area contributed by atoms with Gasteiger partial charge in [-0.05, 0) is 18.8 Å². The molecule has 0 radical (unpaired) electrons. The zero-order valence-corrected chi connectivity index (χ0v) is 11.8. The smallest absolute Gasteiger partial charge is 0.320 e. The molecule has 2 aliphatic rings. The number of aliphatic carboxylic acids is 1. The first-order valence-corrected chi connectivity index (χ1v) is 7.27. The van der Waals surface area contributed by atoms with Crippen LogP contribution in [0.2, 0.25) is 0 Å². The minimum atomic E-state index is -0.791. The van der Waals surface area contributed by atoms with Crippen LogP contribution in [-0.4, -0.2) is 52.6 Å². The van der Waals surface area contributed by atoms with Crippen LogP contribution in [0.15, 0.2) is 0 Å². The predicted octanol–water partition coefficient (Wildman–Crippen LogP) is 2.02. The maximum atomic E-state index is 12.5. The van der Waals surface area contributed by atoms with Gasteiger partial charge in [-0.2, -0.15) is 0 Å². The summed E-state index contributed by atoms with van der Waals surface area (Å²) in [5.74, 6) is -0.713. The molecule has 0 bridgehead atoms. The molecule has 2 amide bonds. The third-order valence-corrected chi connectivity index (χ3v) is 4.07. The van der Waals surface area contributed by atoms with Gasteiger partial charge in [0.15, 0.2) is 0 Å². The van der Waals surface area contributed by atoms with E-state index in [2.05, 4.69) is 13.8 Å². The highest BCUT2D eigenvalue weighted by molar-refractivity contribution is 5.80. The second-order valence-corrected chi connectivity index (χ2v) is 6.21. The fourth-order valence-corrected chi connectivity index (χ4v) is 2.97. The summed E-state index contributed by atoms with van der Waals surface area (Å²) < 4.78 is 0. The quantitative estimate of drug-likeness (QED) is 0.848. The monoisotopic (exact) mass is 268 g/mol. The zero-order chi connectivity index (χ0) is 14.0. The van der Waals surface area contributed by atoms with Gasteiger partial charge in [-0.3, -0.25) is 4.79 Å². The Balaban J connectivity index is 1.94. The molecule has 1 aliphatic carbocycles. The van der Waals surface area contributed by atoms with Gasteiger partial charge in [-0.25, -0.2) is 4.79 Å². The molecular weight excluding hydrogens is 244 g/mol. The van der Waals surface area contributed by atoms with E-state index >= 15 is 0 Å². The SMILES string of the molecule is CC(C)CN(C(=O)N1CC(C(=O)O)C1)C1CCCC1. The van der Waals surface area contributed by atoms with Crippen molar-refractivity contribution in [2.45, 2.75) is 45.6 Å². The summed E-state index contributed by atoms with van der Waals surface area (Å²) in [6, 6.07) is 0.400. The molecule has 2 fully saturated rings. The van der Waals surface area contributed by atoms with Gasteiger partial charge in [-0.15, -0.1) is 0 Å². The second kappa shape index (κ2) is 5.80. The average molecular weight is 268 g/mol. The summed E-state index contributed by atoms with van der Waals surface area (Å²) in [6.45, 7) is 5.75. The molecule has 108 valence electrons. The van der Waals surface area contributed by atoms with Crippen molar-refractivity contribution < 1.29 is 14.7 Å². The maximum absolute atomic E-state index is 12.5. The van der Waals surface area contributed by atoms with E-state index in [-0.39, 0.29) is 11.9 Å². The molecule has 0 unspecified atom stereocenters. The summed E-state index contributed by atoms with van der Waals surface area (Å²) in [4.78, 5) is 26.9. The Hall–Kier alpha value is -1.26. The van der Waals surface area contributed by atoms with Crippen molar-refractivity contribution in [3.63, 3.8) is 0 Å². The number of nitrogens with zero attached hydrogens (tertiary/aromatic N) is 2. The van der Waals surface area contributed by atoms with Crippen LogP contribution in [0.5, 0.6) is 0 Å². The molecule has 1 N–H and O–H groups in total. The van der Waals surface area contributed by atoms with Crippen molar-refractivity contribution >= 4 is 12.0 Å². The predicted molar refractivity (Wildman–Crippen MR) is 71.9 cm³/mol. The van der Waals surface area contributed by atoms with Crippen LogP contribution in [0.25, 0.3) is 0 Å². The van der Waals surface area contributed by atoms with Crippen LogP contribution in [-0.2, 0) is 4.79 Å². The van der Waals surface area contributed by atoms with E-state index < -0.39 is 5.97 Å².